The quantitative estimate of drug-likeness (QED) is 0.668. The topological polar surface area (TPSA) is 77.7 Å². The average Bonchev–Trinajstić information content (AvgIpc) is 3.13. The number of aromatic nitrogens is 2. The van der Waals surface area contributed by atoms with Crippen LogP contribution in [0.25, 0.3) is 0 Å². The first-order valence-corrected chi connectivity index (χ1v) is 10.1. The van der Waals surface area contributed by atoms with E-state index < -0.39 is 0 Å². The first-order valence-electron chi connectivity index (χ1n) is 9.10. The van der Waals surface area contributed by atoms with Crippen LogP contribution < -0.4 is 9.47 Å². The largest absolute Gasteiger partial charge is 0.497 e. The third kappa shape index (κ3) is 5.15. The molecule has 0 unspecified atom stereocenters. The molecule has 0 spiro atoms. The molecule has 2 heterocycles. The molecule has 0 radical (unpaired) electrons. The number of amides is 1. The Kier molecular flexibility index (Phi) is 6.60. The van der Waals surface area contributed by atoms with Crippen LogP contribution in [0, 0.1) is 0 Å². The molecule has 0 aliphatic carbocycles. The number of ether oxygens (including phenoxy) is 2. The molecule has 2 aromatic rings. The number of rotatable bonds is 7. The lowest BCUT2D eigenvalue weighted by Crippen LogP contribution is -2.48. The van der Waals surface area contributed by atoms with Crippen molar-refractivity contribution >= 4 is 17.7 Å². The highest BCUT2D eigenvalue weighted by atomic mass is 32.2. The lowest BCUT2D eigenvalue weighted by atomic mass is 9.98. The fourth-order valence-electron chi connectivity index (χ4n) is 3.28. The van der Waals surface area contributed by atoms with Crippen molar-refractivity contribution in [2.75, 3.05) is 12.9 Å². The molecule has 0 bridgehead atoms. The zero-order valence-corrected chi connectivity index (χ0v) is 16.7. The smallest absolute Gasteiger partial charge is 0.277 e. The second-order valence-corrected chi connectivity index (χ2v) is 7.57. The Balaban J connectivity index is 1.48. The Morgan fingerprint density at radius 3 is 2.52 bits per heavy atom. The second kappa shape index (κ2) is 9.12. The molecule has 8 heteroatoms. The molecular formula is C19H25N3O4S. The molecular weight excluding hydrogens is 366 g/mol. The number of likely N-dealkylation sites (tertiary alicyclic amines) is 1. The van der Waals surface area contributed by atoms with Crippen molar-refractivity contribution in [3.63, 3.8) is 0 Å². The fraction of sp³-hybridized carbons (Fsp3) is 0.526. The van der Waals surface area contributed by atoms with Crippen LogP contribution in [-0.2, 0) is 11.4 Å². The standard InChI is InChI=1S/C19H25N3O4S/c1-13-5-4-6-14(2)22(13)18(23)12-27-19-21-20-17(26-19)11-25-16-9-7-15(24-3)8-10-16/h7-10,13-14H,4-6,11-12H2,1-3H3/t13-,14-/m0/s1. The first kappa shape index (κ1) is 19.5. The van der Waals surface area contributed by atoms with Gasteiger partial charge in [0.15, 0.2) is 6.61 Å². The Labute approximate surface area is 163 Å². The van der Waals surface area contributed by atoms with Gasteiger partial charge in [-0.3, -0.25) is 4.79 Å². The average molecular weight is 391 g/mol. The number of methoxy groups -OCH3 is 1. The molecule has 0 saturated carbocycles. The van der Waals surface area contributed by atoms with Crippen LogP contribution in [0.5, 0.6) is 11.5 Å². The van der Waals surface area contributed by atoms with E-state index in [-0.39, 0.29) is 24.6 Å². The molecule has 3 rings (SSSR count). The molecule has 27 heavy (non-hydrogen) atoms. The molecule has 1 aromatic carbocycles. The van der Waals surface area contributed by atoms with E-state index in [1.807, 2.05) is 29.2 Å². The minimum atomic E-state index is 0.119. The fourth-order valence-corrected chi connectivity index (χ4v) is 3.93. The highest BCUT2D eigenvalue weighted by Gasteiger charge is 2.29. The third-order valence-electron chi connectivity index (χ3n) is 4.67. The van der Waals surface area contributed by atoms with Gasteiger partial charge in [0.05, 0.1) is 12.9 Å². The molecule has 1 fully saturated rings. The summed E-state index contributed by atoms with van der Waals surface area (Å²) in [5, 5.41) is 8.34. The van der Waals surface area contributed by atoms with E-state index in [4.69, 9.17) is 13.9 Å². The molecule has 1 saturated heterocycles. The van der Waals surface area contributed by atoms with Crippen LogP contribution in [0.3, 0.4) is 0 Å². The van der Waals surface area contributed by atoms with Gasteiger partial charge >= 0.3 is 0 Å². The minimum absolute atomic E-state index is 0.119. The highest BCUT2D eigenvalue weighted by molar-refractivity contribution is 7.99. The van der Waals surface area contributed by atoms with Gasteiger partial charge < -0.3 is 18.8 Å². The van der Waals surface area contributed by atoms with Gasteiger partial charge in [0, 0.05) is 12.1 Å². The predicted octanol–water partition coefficient (Wildman–Crippen LogP) is 3.54. The molecule has 7 nitrogen and oxygen atoms in total. The van der Waals surface area contributed by atoms with E-state index >= 15 is 0 Å². The van der Waals surface area contributed by atoms with Crippen molar-refractivity contribution in [2.24, 2.45) is 0 Å². The maximum Gasteiger partial charge on any atom is 0.277 e. The number of piperidine rings is 1. The zero-order chi connectivity index (χ0) is 19.2. The van der Waals surface area contributed by atoms with E-state index in [1.54, 1.807) is 7.11 Å². The van der Waals surface area contributed by atoms with Crippen molar-refractivity contribution in [2.45, 2.75) is 57.0 Å². The van der Waals surface area contributed by atoms with Crippen LogP contribution >= 0.6 is 11.8 Å². The summed E-state index contributed by atoms with van der Waals surface area (Å²) in [6.45, 7) is 4.40. The maximum atomic E-state index is 12.5. The summed E-state index contributed by atoms with van der Waals surface area (Å²) in [6.07, 6.45) is 3.31. The molecule has 1 aliphatic heterocycles. The van der Waals surface area contributed by atoms with Crippen LogP contribution in [-0.4, -0.2) is 46.0 Å². The summed E-state index contributed by atoms with van der Waals surface area (Å²) in [4.78, 5) is 14.5. The molecule has 1 aliphatic rings. The summed E-state index contributed by atoms with van der Waals surface area (Å²) in [5.41, 5.74) is 0. The number of benzene rings is 1. The minimum Gasteiger partial charge on any atom is -0.497 e. The van der Waals surface area contributed by atoms with Crippen molar-refractivity contribution in [3.8, 4) is 11.5 Å². The van der Waals surface area contributed by atoms with Crippen molar-refractivity contribution < 1.29 is 18.7 Å². The summed E-state index contributed by atoms with van der Waals surface area (Å²) >= 11 is 1.27. The second-order valence-electron chi connectivity index (χ2n) is 6.64. The third-order valence-corrected chi connectivity index (χ3v) is 5.47. The number of carbonyl (C=O) groups excluding carboxylic acids is 1. The van der Waals surface area contributed by atoms with Crippen LogP contribution in [0.2, 0.25) is 0 Å². The van der Waals surface area contributed by atoms with Gasteiger partial charge in [0.1, 0.15) is 11.5 Å². The Bertz CT molecular complexity index is 740. The van der Waals surface area contributed by atoms with Crippen molar-refractivity contribution in [1.29, 1.82) is 0 Å². The van der Waals surface area contributed by atoms with E-state index in [1.165, 1.54) is 18.2 Å². The Morgan fingerprint density at radius 1 is 1.19 bits per heavy atom. The van der Waals surface area contributed by atoms with Gasteiger partial charge in [-0.1, -0.05) is 11.8 Å². The van der Waals surface area contributed by atoms with Crippen LogP contribution in [0.1, 0.15) is 39.0 Å². The summed E-state index contributed by atoms with van der Waals surface area (Å²) in [7, 11) is 1.62. The van der Waals surface area contributed by atoms with Gasteiger partial charge in [-0.05, 0) is 57.4 Å². The summed E-state index contributed by atoms with van der Waals surface area (Å²) < 4.78 is 16.3. The van der Waals surface area contributed by atoms with Gasteiger partial charge in [0.2, 0.25) is 5.91 Å². The number of hydrogen-bond donors (Lipinski definition) is 0. The monoisotopic (exact) mass is 391 g/mol. The number of nitrogens with zero attached hydrogens (tertiary/aromatic N) is 3. The molecule has 1 amide bonds. The molecule has 1 aromatic heterocycles. The predicted molar refractivity (Wildman–Crippen MR) is 102 cm³/mol. The number of thioether (sulfide) groups is 1. The van der Waals surface area contributed by atoms with Gasteiger partial charge in [-0.25, -0.2) is 0 Å². The van der Waals surface area contributed by atoms with Crippen LogP contribution in [0.4, 0.5) is 0 Å². The van der Waals surface area contributed by atoms with Crippen molar-refractivity contribution in [1.82, 2.24) is 15.1 Å². The SMILES string of the molecule is COc1ccc(OCc2nnc(SCC(=O)N3[C@@H](C)CCC[C@@H]3C)o2)cc1. The maximum absolute atomic E-state index is 12.5. The summed E-state index contributed by atoms with van der Waals surface area (Å²) in [6, 6.07) is 7.84. The Morgan fingerprint density at radius 2 is 1.85 bits per heavy atom. The molecule has 0 N–H and O–H groups in total. The van der Waals surface area contributed by atoms with Crippen LogP contribution in [0.15, 0.2) is 33.9 Å². The number of hydrogen-bond acceptors (Lipinski definition) is 7. The van der Waals surface area contributed by atoms with E-state index in [0.29, 0.717) is 22.6 Å². The molecule has 2 atom stereocenters. The number of carbonyl (C=O) groups is 1. The summed E-state index contributed by atoms with van der Waals surface area (Å²) in [5.74, 6) is 2.25. The van der Waals surface area contributed by atoms with Crippen molar-refractivity contribution in [3.05, 3.63) is 30.2 Å². The first-order chi connectivity index (χ1) is 13.1. The molecule has 146 valence electrons. The lowest BCUT2D eigenvalue weighted by molar-refractivity contribution is -0.134. The van der Waals surface area contributed by atoms with Gasteiger partial charge in [0.25, 0.3) is 11.1 Å². The highest BCUT2D eigenvalue weighted by Crippen LogP contribution is 2.25. The zero-order valence-electron chi connectivity index (χ0n) is 15.9. The van der Waals surface area contributed by atoms with E-state index in [9.17, 15) is 4.79 Å². The lowest BCUT2D eigenvalue weighted by Gasteiger charge is -2.39. The van der Waals surface area contributed by atoms with Gasteiger partial charge in [-0.15, -0.1) is 10.2 Å². The normalized spacial score (nSPS) is 19.7. The van der Waals surface area contributed by atoms with E-state index in [2.05, 4.69) is 24.0 Å². The van der Waals surface area contributed by atoms with E-state index in [0.717, 1.165) is 18.6 Å². The Hall–Kier alpha value is -2.22. The van der Waals surface area contributed by atoms with Gasteiger partial charge in [-0.2, -0.15) is 0 Å².